The molecule has 104 valence electrons. The zero-order valence-electron chi connectivity index (χ0n) is 11.6. The molecule has 18 heavy (non-hydrogen) atoms. The van der Waals surface area contributed by atoms with Crippen molar-refractivity contribution < 1.29 is 0 Å². The van der Waals surface area contributed by atoms with Gasteiger partial charge in [-0.3, -0.25) is 0 Å². The minimum atomic E-state index is -0.798. The molecule has 0 saturated carbocycles. The number of nitrogens with one attached hydrogen (secondary N) is 2. The Morgan fingerprint density at radius 1 is 1.22 bits per heavy atom. The Morgan fingerprint density at radius 2 is 2.06 bits per heavy atom. The third-order valence-electron chi connectivity index (χ3n) is 4.13. The van der Waals surface area contributed by atoms with Crippen LogP contribution in [0.25, 0.3) is 0 Å². The molecule has 7 nitrogen and oxygen atoms in total. The maximum Gasteiger partial charge on any atom is 0.241 e. The van der Waals surface area contributed by atoms with Crippen molar-refractivity contribution in [2.75, 3.05) is 7.05 Å². The van der Waals surface area contributed by atoms with Crippen LogP contribution in [-0.2, 0) is 0 Å². The van der Waals surface area contributed by atoms with E-state index in [-0.39, 0.29) is 58.9 Å². The van der Waals surface area contributed by atoms with E-state index in [1.165, 1.54) is 10.4 Å². The number of hydrogen-bond acceptors (Lipinski definition) is 7. The van der Waals surface area contributed by atoms with E-state index < -0.39 is 18.6 Å². The van der Waals surface area contributed by atoms with Crippen LogP contribution in [0, 0.1) is 0 Å². The third-order valence-corrected chi connectivity index (χ3v) is 34.9. The molecule has 3 heterocycles. The topological polar surface area (TPSA) is 40.3 Å². The summed E-state index contributed by atoms with van der Waals surface area (Å²) in [6, 6.07) is 0. The van der Waals surface area contributed by atoms with E-state index in [4.69, 9.17) is 0 Å². The molecule has 16 heteroatoms. The first-order valence-electron chi connectivity index (χ1n) is 6.77. The number of fused-ring (bicyclic) bond motifs is 3. The van der Waals surface area contributed by atoms with Gasteiger partial charge >= 0.3 is 0 Å². The Balaban J connectivity index is 1.69. The summed E-state index contributed by atoms with van der Waals surface area (Å²) in [7, 11) is 2.21. The molecule has 0 aromatic rings. The lowest BCUT2D eigenvalue weighted by molar-refractivity contribution is 0.554. The van der Waals surface area contributed by atoms with Gasteiger partial charge in [-0.05, 0) is 7.05 Å². The number of nitrogens with zero attached hydrogens (tertiary/aromatic N) is 5. The predicted octanol–water partition coefficient (Wildman–Crippen LogP) is -9.81. The molecule has 0 aromatic heterocycles. The van der Waals surface area contributed by atoms with Gasteiger partial charge in [0.1, 0.15) is 0 Å². The van der Waals surface area contributed by atoms with Gasteiger partial charge in [0.15, 0.2) is 49.2 Å². The van der Waals surface area contributed by atoms with Crippen molar-refractivity contribution in [3.05, 3.63) is 0 Å². The van der Waals surface area contributed by atoms with Crippen molar-refractivity contribution in [2.45, 2.75) is 6.55 Å². The molecule has 0 aromatic carbocycles. The maximum atomic E-state index is 4.18. The lowest BCUT2D eigenvalue weighted by Crippen LogP contribution is -2.90. The summed E-state index contributed by atoms with van der Waals surface area (Å²) in [5, 5.41) is 0. The molecule has 0 aliphatic carbocycles. The first kappa shape index (κ1) is 14.6. The van der Waals surface area contributed by atoms with Crippen LogP contribution in [0.3, 0.4) is 0 Å². The first-order chi connectivity index (χ1) is 8.70. The van der Waals surface area contributed by atoms with Gasteiger partial charge < -0.3 is 29.1 Å². The summed E-state index contributed by atoms with van der Waals surface area (Å²) in [5.74, 6) is 0. The minimum Gasteiger partial charge on any atom is -0.360 e. The highest BCUT2D eigenvalue weighted by atomic mass is 28.5. The summed E-state index contributed by atoms with van der Waals surface area (Å²) in [6.45, 7) is 2.48. The molecule has 0 spiro atoms. The molecule has 2 N–H and O–H groups in total. The smallest absolute Gasteiger partial charge is 0.241 e. The van der Waals surface area contributed by atoms with E-state index in [0.29, 0.717) is 0 Å². The van der Waals surface area contributed by atoms with Gasteiger partial charge in [-0.1, -0.05) is 6.55 Å². The summed E-state index contributed by atoms with van der Waals surface area (Å²) < 4.78 is 23.0. The minimum absolute atomic E-state index is 0.0303. The van der Waals surface area contributed by atoms with E-state index in [9.17, 15) is 0 Å². The third kappa shape index (κ3) is 2.70. The second kappa shape index (κ2) is 6.20. The maximum absolute atomic E-state index is 4.18. The van der Waals surface area contributed by atoms with Crippen molar-refractivity contribution >= 4 is 87.9 Å². The van der Waals surface area contributed by atoms with Crippen molar-refractivity contribution in [1.29, 1.82) is 0 Å². The summed E-state index contributed by atoms with van der Waals surface area (Å²) in [4.78, 5) is 0. The highest BCUT2D eigenvalue weighted by Gasteiger charge is 2.49. The van der Waals surface area contributed by atoms with Gasteiger partial charge in [-0.15, -0.1) is 0 Å². The van der Waals surface area contributed by atoms with Crippen molar-refractivity contribution in [3.63, 3.8) is 0 Å². The highest BCUT2D eigenvalue weighted by molar-refractivity contribution is 7.00. The molecule has 2 atom stereocenters. The zero-order valence-corrected chi connectivity index (χ0v) is 24.4. The van der Waals surface area contributed by atoms with Crippen molar-refractivity contribution in [3.8, 4) is 0 Å². The van der Waals surface area contributed by atoms with Gasteiger partial charge in [-0.2, -0.15) is 0 Å². The average Bonchev–Trinajstić information content (AvgIpc) is 2.30. The number of rotatable bonds is 1. The SMILES string of the molecule is C[SiH2]N1[SiH2]N[SiH2]N2[SiH2]N(C)[SiH]3N([SiH3])[SiH2]N3[SiH]2N[SiH2]1. The Bertz CT molecular complexity index is 305. The fraction of sp³-hybridized carbons (Fsp3) is 1.00. The van der Waals surface area contributed by atoms with Crippen LogP contribution in [0.15, 0.2) is 0 Å². The molecule has 0 bridgehead atoms. The number of hydrogen-bond donors (Lipinski definition) is 2. The molecular formula is C2H25N7Si9. The quantitative estimate of drug-likeness (QED) is 0.424. The predicted molar refractivity (Wildman–Crippen MR) is 103 cm³/mol. The second-order valence-electron chi connectivity index (χ2n) is 5.54. The molecule has 0 radical (unpaired) electrons. The van der Waals surface area contributed by atoms with Gasteiger partial charge in [0, 0.05) is 0 Å². The molecule has 3 saturated heterocycles. The second-order valence-corrected chi connectivity index (χ2v) is 35.6. The molecular weight excluding hydrogens is 375 g/mol. The lowest BCUT2D eigenvalue weighted by atomic mass is 11.6. The Hall–Kier alpha value is 1.67. The normalized spacial score (nSPS) is 45.0. The average molecular weight is 400 g/mol. The molecule has 3 rings (SSSR count). The summed E-state index contributed by atoms with van der Waals surface area (Å²) >= 11 is 0. The van der Waals surface area contributed by atoms with Crippen molar-refractivity contribution in [1.82, 2.24) is 29.1 Å². The standard InChI is InChI=1S/C2H25N7Si9/c1-5-15-8-13-3-12-7(11-2)14-4-17(8)9-16-6(10)18(5)9/h3-4,17-18H,11-16H2,1-2,10H3. The van der Waals surface area contributed by atoms with Crippen LogP contribution in [-0.4, -0.2) is 115 Å². The van der Waals surface area contributed by atoms with E-state index in [2.05, 4.69) is 42.7 Å². The largest absolute Gasteiger partial charge is 0.360 e. The fourth-order valence-corrected chi connectivity index (χ4v) is 58.6. The molecule has 3 aliphatic heterocycles. The van der Waals surface area contributed by atoms with Crippen molar-refractivity contribution in [2.24, 2.45) is 0 Å². The zero-order chi connectivity index (χ0) is 12.7. The fourth-order valence-electron chi connectivity index (χ4n) is 3.23. The van der Waals surface area contributed by atoms with E-state index >= 15 is 0 Å². The highest BCUT2D eigenvalue weighted by Crippen LogP contribution is 2.18. The van der Waals surface area contributed by atoms with Crippen LogP contribution in [0.1, 0.15) is 0 Å². The lowest BCUT2D eigenvalue weighted by Gasteiger charge is -2.61. The first-order valence-corrected chi connectivity index (χ1v) is 19.4. The molecule has 3 fully saturated rings. The van der Waals surface area contributed by atoms with Gasteiger partial charge in [0.05, 0.1) is 20.1 Å². The van der Waals surface area contributed by atoms with E-state index in [0.717, 1.165) is 0 Å². The molecule has 3 aliphatic rings. The summed E-state index contributed by atoms with van der Waals surface area (Å²) in [6.07, 6.45) is 0. The monoisotopic (exact) mass is 399 g/mol. The van der Waals surface area contributed by atoms with E-state index in [1.54, 1.807) is 0 Å². The van der Waals surface area contributed by atoms with Crippen LogP contribution >= 0.6 is 0 Å². The molecule has 2 unspecified atom stereocenters. The van der Waals surface area contributed by atoms with Gasteiger partial charge in [0.25, 0.3) is 0 Å². The molecule has 0 amide bonds. The Morgan fingerprint density at radius 3 is 2.78 bits per heavy atom. The van der Waals surface area contributed by atoms with Crippen LogP contribution in [0.2, 0.25) is 6.55 Å². The van der Waals surface area contributed by atoms with E-state index in [1.807, 2.05) is 0 Å². The van der Waals surface area contributed by atoms with Crippen LogP contribution in [0.5, 0.6) is 0 Å². The van der Waals surface area contributed by atoms with Gasteiger partial charge in [0.2, 0.25) is 18.6 Å². The van der Waals surface area contributed by atoms with Crippen LogP contribution < -0.4 is 9.30 Å². The van der Waals surface area contributed by atoms with Gasteiger partial charge in [-0.25, -0.2) is 0 Å². The summed E-state index contributed by atoms with van der Waals surface area (Å²) in [5.41, 5.74) is 0. The van der Waals surface area contributed by atoms with Crippen LogP contribution in [0.4, 0.5) is 0 Å². The Labute approximate surface area is 130 Å². The Kier molecular flexibility index (Phi) is 5.03.